The first kappa shape index (κ1) is 10.4. The lowest BCUT2D eigenvalue weighted by Gasteiger charge is -2.09. The molecule has 14 heavy (non-hydrogen) atoms. The number of hydrogen-bond donors (Lipinski definition) is 3. The van der Waals surface area contributed by atoms with Crippen LogP contribution in [0.3, 0.4) is 0 Å². The van der Waals surface area contributed by atoms with Gasteiger partial charge < -0.3 is 16.0 Å². The van der Waals surface area contributed by atoms with Crippen molar-refractivity contribution in [1.29, 1.82) is 0 Å². The van der Waals surface area contributed by atoms with Crippen molar-refractivity contribution in [1.82, 2.24) is 9.97 Å². The third-order valence-electron chi connectivity index (χ3n) is 1.35. The summed E-state index contributed by atoms with van der Waals surface area (Å²) in [6.07, 6.45) is -3.41. The number of rotatable bonds is 2. The van der Waals surface area contributed by atoms with Crippen LogP contribution in [0.1, 0.15) is 0 Å². The Morgan fingerprint density at radius 3 is 2.79 bits per heavy atom. The molecule has 0 aliphatic rings. The maximum absolute atomic E-state index is 11.8. The van der Waals surface area contributed by atoms with Crippen LogP contribution in [-0.4, -0.2) is 22.7 Å². The number of nitrogens with zero attached hydrogens (tertiary/aromatic N) is 1. The number of hydrogen-bond acceptors (Lipinski definition) is 4. The normalized spacial score (nSPS) is 11.4. The smallest absolute Gasteiger partial charge is 0.391 e. The molecule has 0 amide bonds. The van der Waals surface area contributed by atoms with Crippen molar-refractivity contribution < 1.29 is 13.2 Å². The number of nitrogen functional groups attached to an aromatic ring is 1. The summed E-state index contributed by atoms with van der Waals surface area (Å²) in [5.74, 6) is -0.272. The van der Waals surface area contributed by atoms with Gasteiger partial charge in [-0.15, -0.1) is 0 Å². The van der Waals surface area contributed by atoms with E-state index in [4.69, 9.17) is 5.73 Å². The molecule has 1 aromatic heterocycles. The van der Waals surface area contributed by atoms with Crippen LogP contribution < -0.4 is 16.6 Å². The molecule has 0 bridgehead atoms. The Morgan fingerprint density at radius 1 is 1.57 bits per heavy atom. The summed E-state index contributed by atoms with van der Waals surface area (Å²) in [5, 5.41) is 1.91. The van der Waals surface area contributed by atoms with E-state index in [1.54, 1.807) is 0 Å². The van der Waals surface area contributed by atoms with E-state index in [-0.39, 0.29) is 11.5 Å². The Morgan fingerprint density at radius 2 is 2.21 bits per heavy atom. The predicted molar refractivity (Wildman–Crippen MR) is 43.8 cm³/mol. The van der Waals surface area contributed by atoms with Gasteiger partial charge in [0.1, 0.15) is 12.2 Å². The Hall–Kier alpha value is -1.73. The minimum atomic E-state index is -4.38. The number of nitrogens with one attached hydrogen (secondary N) is 2. The molecule has 0 saturated carbocycles. The number of aromatic nitrogens is 2. The highest BCUT2D eigenvalue weighted by molar-refractivity contribution is 5.58. The Bertz CT molecular complexity index is 372. The fourth-order valence-corrected chi connectivity index (χ4v) is 0.735. The highest BCUT2D eigenvalue weighted by Crippen LogP contribution is 2.16. The summed E-state index contributed by atoms with van der Waals surface area (Å²) in [6.45, 7) is -1.28. The fourth-order valence-electron chi connectivity index (χ4n) is 0.735. The first-order valence-corrected chi connectivity index (χ1v) is 3.54. The zero-order chi connectivity index (χ0) is 10.8. The average Bonchev–Trinajstić information content (AvgIpc) is 2.06. The van der Waals surface area contributed by atoms with Crippen molar-refractivity contribution >= 4 is 11.5 Å². The third kappa shape index (κ3) is 2.64. The Balaban J connectivity index is 2.78. The number of alkyl halides is 3. The molecule has 0 spiro atoms. The molecule has 0 aliphatic heterocycles. The molecule has 78 valence electrons. The van der Waals surface area contributed by atoms with E-state index in [0.717, 1.165) is 6.33 Å². The summed E-state index contributed by atoms with van der Waals surface area (Å²) in [7, 11) is 0. The lowest BCUT2D eigenvalue weighted by atomic mass is 10.4. The van der Waals surface area contributed by atoms with Gasteiger partial charge in [-0.05, 0) is 0 Å². The van der Waals surface area contributed by atoms with Crippen molar-refractivity contribution in [3.8, 4) is 0 Å². The highest BCUT2D eigenvalue weighted by Gasteiger charge is 2.27. The maximum atomic E-state index is 11.8. The summed E-state index contributed by atoms with van der Waals surface area (Å²) in [6, 6.07) is 0. The second kappa shape index (κ2) is 3.56. The number of H-pyrrole nitrogens is 1. The SMILES string of the molecule is Nc1c(NCC(F)(F)F)nc[nH]c1=O. The molecule has 0 unspecified atom stereocenters. The predicted octanol–water partition coefficient (Wildman–Crippen LogP) is 0.326. The molecule has 8 heteroatoms. The first-order chi connectivity index (χ1) is 6.40. The van der Waals surface area contributed by atoms with E-state index >= 15 is 0 Å². The van der Waals surface area contributed by atoms with Gasteiger partial charge in [-0.2, -0.15) is 13.2 Å². The fraction of sp³-hybridized carbons (Fsp3) is 0.333. The molecular formula is C6H7F3N4O. The van der Waals surface area contributed by atoms with Crippen molar-refractivity contribution in [2.24, 2.45) is 0 Å². The van der Waals surface area contributed by atoms with Crippen LogP contribution >= 0.6 is 0 Å². The minimum absolute atomic E-state index is 0.272. The minimum Gasteiger partial charge on any atom is -0.391 e. The van der Waals surface area contributed by atoms with Gasteiger partial charge in [-0.3, -0.25) is 4.79 Å². The molecule has 0 aromatic carbocycles. The van der Waals surface area contributed by atoms with Crippen molar-refractivity contribution in [2.75, 3.05) is 17.6 Å². The molecule has 0 atom stereocenters. The average molecular weight is 208 g/mol. The van der Waals surface area contributed by atoms with Crippen molar-refractivity contribution in [2.45, 2.75) is 6.18 Å². The monoisotopic (exact) mass is 208 g/mol. The van der Waals surface area contributed by atoms with E-state index in [1.165, 1.54) is 0 Å². The molecule has 1 rings (SSSR count). The van der Waals surface area contributed by atoms with E-state index in [2.05, 4.69) is 9.97 Å². The van der Waals surface area contributed by atoms with E-state index in [9.17, 15) is 18.0 Å². The number of nitrogens with two attached hydrogens (primary N) is 1. The summed E-state index contributed by atoms with van der Waals surface area (Å²) in [4.78, 5) is 16.4. The van der Waals surface area contributed by atoms with Gasteiger partial charge in [0.2, 0.25) is 0 Å². The van der Waals surface area contributed by atoms with Gasteiger partial charge in [0.25, 0.3) is 5.56 Å². The van der Waals surface area contributed by atoms with Crippen LogP contribution in [0.2, 0.25) is 0 Å². The summed E-state index contributed by atoms with van der Waals surface area (Å²) < 4.78 is 35.3. The van der Waals surface area contributed by atoms with E-state index in [1.807, 2.05) is 5.32 Å². The van der Waals surface area contributed by atoms with Gasteiger partial charge in [0, 0.05) is 0 Å². The van der Waals surface area contributed by atoms with Crippen LogP contribution in [0, 0.1) is 0 Å². The molecule has 4 N–H and O–H groups in total. The first-order valence-electron chi connectivity index (χ1n) is 3.54. The van der Waals surface area contributed by atoms with Gasteiger partial charge in [0.15, 0.2) is 5.82 Å². The zero-order valence-corrected chi connectivity index (χ0v) is 6.85. The Kier molecular flexibility index (Phi) is 2.63. The summed E-state index contributed by atoms with van der Waals surface area (Å²) >= 11 is 0. The number of anilines is 2. The molecule has 0 saturated heterocycles. The summed E-state index contributed by atoms with van der Waals surface area (Å²) in [5.41, 5.74) is 4.14. The van der Waals surface area contributed by atoms with Crippen LogP contribution in [0.4, 0.5) is 24.7 Å². The van der Waals surface area contributed by atoms with Gasteiger partial charge in [-0.25, -0.2) is 4.98 Å². The maximum Gasteiger partial charge on any atom is 0.405 e. The molecule has 5 nitrogen and oxygen atoms in total. The van der Waals surface area contributed by atoms with E-state index in [0.29, 0.717) is 0 Å². The lowest BCUT2D eigenvalue weighted by molar-refractivity contribution is -0.115. The second-order valence-electron chi connectivity index (χ2n) is 2.46. The van der Waals surface area contributed by atoms with Crippen molar-refractivity contribution in [3.63, 3.8) is 0 Å². The van der Waals surface area contributed by atoms with Crippen LogP contribution in [0.15, 0.2) is 11.1 Å². The molecular weight excluding hydrogens is 201 g/mol. The van der Waals surface area contributed by atoms with Gasteiger partial charge in [-0.1, -0.05) is 0 Å². The molecule has 1 aromatic rings. The molecule has 1 heterocycles. The second-order valence-corrected chi connectivity index (χ2v) is 2.46. The van der Waals surface area contributed by atoms with Gasteiger partial charge in [0.05, 0.1) is 6.33 Å². The standard InChI is InChI=1S/C6H7F3N4O/c7-6(8,9)1-11-4-3(10)5(14)13-2-12-4/h2H,1,10H2,(H2,11,12,13,14). The Labute approximate surface area is 76.1 Å². The molecule has 0 fully saturated rings. The van der Waals surface area contributed by atoms with Crippen molar-refractivity contribution in [3.05, 3.63) is 16.7 Å². The number of halogens is 3. The third-order valence-corrected chi connectivity index (χ3v) is 1.35. The lowest BCUT2D eigenvalue weighted by Crippen LogP contribution is -2.24. The zero-order valence-electron chi connectivity index (χ0n) is 6.85. The molecule has 0 aliphatic carbocycles. The van der Waals surface area contributed by atoms with Crippen LogP contribution in [0.5, 0.6) is 0 Å². The topological polar surface area (TPSA) is 83.8 Å². The highest BCUT2D eigenvalue weighted by atomic mass is 19.4. The van der Waals surface area contributed by atoms with Gasteiger partial charge >= 0.3 is 6.18 Å². The van der Waals surface area contributed by atoms with Crippen LogP contribution in [0.25, 0.3) is 0 Å². The number of aromatic amines is 1. The quantitative estimate of drug-likeness (QED) is 0.653. The van der Waals surface area contributed by atoms with Crippen LogP contribution in [-0.2, 0) is 0 Å². The van der Waals surface area contributed by atoms with E-state index < -0.39 is 18.3 Å². The molecule has 0 radical (unpaired) electrons. The largest absolute Gasteiger partial charge is 0.405 e.